The van der Waals surface area contributed by atoms with Crippen molar-refractivity contribution in [1.82, 2.24) is 25.3 Å². The minimum absolute atomic E-state index is 0.161. The molecule has 0 spiro atoms. The lowest BCUT2D eigenvalue weighted by atomic mass is 10.1. The first kappa shape index (κ1) is 25.3. The molecule has 2 heterocycles. The molecule has 0 aliphatic carbocycles. The average molecular weight is 489 g/mol. The predicted octanol–water partition coefficient (Wildman–Crippen LogP) is 3.37. The third-order valence-corrected chi connectivity index (χ3v) is 6.23. The molecule has 0 aliphatic heterocycles. The number of rotatable bonds is 14. The molecule has 3 aromatic rings. The van der Waals surface area contributed by atoms with Crippen LogP contribution in [0, 0.1) is 5.82 Å². The van der Waals surface area contributed by atoms with Gasteiger partial charge in [-0.3, -0.25) is 14.8 Å². The Morgan fingerprint density at radius 3 is 2.71 bits per heavy atom. The number of carbonyl (C=O) groups excluding carboxylic acids is 2. The zero-order chi connectivity index (χ0) is 24.2. The molecule has 0 radical (unpaired) electrons. The molecule has 2 amide bonds. The maximum Gasteiger partial charge on any atom is 0.263 e. The number of amides is 2. The number of halogens is 1. The summed E-state index contributed by atoms with van der Waals surface area (Å²) in [5.74, 6) is -0.853. The van der Waals surface area contributed by atoms with Gasteiger partial charge in [0.15, 0.2) is 5.13 Å². The molecule has 2 aromatic heterocycles. The van der Waals surface area contributed by atoms with Crippen molar-refractivity contribution in [2.45, 2.75) is 45.2 Å². The highest BCUT2D eigenvalue weighted by Crippen LogP contribution is 2.25. The third-order valence-electron chi connectivity index (χ3n) is 5.17. The number of thiazole rings is 1. The Kier molecular flexibility index (Phi) is 9.98. The maximum atomic E-state index is 13.3. The number of nitrogens with zero attached hydrogens (tertiary/aromatic N) is 4. The summed E-state index contributed by atoms with van der Waals surface area (Å²) in [6.45, 7) is 2.51. The van der Waals surface area contributed by atoms with E-state index in [1.807, 2.05) is 10.8 Å². The first-order valence-corrected chi connectivity index (χ1v) is 12.0. The first-order chi connectivity index (χ1) is 16.5. The molecule has 0 aliphatic rings. The molecule has 3 N–H and O–H groups in total. The summed E-state index contributed by atoms with van der Waals surface area (Å²) in [7, 11) is 0. The van der Waals surface area contributed by atoms with Gasteiger partial charge in [-0.2, -0.15) is 0 Å². The SMILES string of the molecule is O=C(CCCCCN(Cc1ccc(F)cc1)c1ncc(C(=O)NCCCn2ccnc2)s1)NO. The van der Waals surface area contributed by atoms with Crippen LogP contribution >= 0.6 is 11.3 Å². The number of hydrogen-bond acceptors (Lipinski definition) is 7. The molecule has 0 unspecified atom stereocenters. The zero-order valence-electron chi connectivity index (χ0n) is 18.8. The number of benzene rings is 1. The summed E-state index contributed by atoms with van der Waals surface area (Å²) in [6.07, 6.45) is 10.2. The summed E-state index contributed by atoms with van der Waals surface area (Å²) in [5.41, 5.74) is 2.57. The second kappa shape index (κ2) is 13.4. The standard InChI is InChI=1S/C23H29FN6O3S/c24-19-8-6-18(7-9-19)16-30(13-3-1-2-5-21(31)28-33)23-27-15-20(34-23)22(32)26-10-4-12-29-14-11-25-17-29/h6-9,11,14-15,17,33H,1-5,10,12-13,16H2,(H,26,32)(H,28,31). The van der Waals surface area contributed by atoms with Crippen LogP contribution in [-0.4, -0.2) is 44.6 Å². The Balaban J connectivity index is 1.55. The summed E-state index contributed by atoms with van der Waals surface area (Å²) in [6, 6.07) is 6.31. The largest absolute Gasteiger partial charge is 0.351 e. The number of anilines is 1. The Morgan fingerprint density at radius 2 is 1.97 bits per heavy atom. The van der Waals surface area contributed by atoms with Gasteiger partial charge in [0.2, 0.25) is 5.91 Å². The number of unbranched alkanes of at least 4 members (excludes halogenated alkanes) is 2. The van der Waals surface area contributed by atoms with Crippen LogP contribution in [0.15, 0.2) is 49.2 Å². The van der Waals surface area contributed by atoms with Gasteiger partial charge in [0, 0.05) is 45.0 Å². The molecular weight excluding hydrogens is 459 g/mol. The van der Waals surface area contributed by atoms with Gasteiger partial charge in [0.05, 0.1) is 12.5 Å². The summed E-state index contributed by atoms with van der Waals surface area (Å²) >= 11 is 1.32. The Morgan fingerprint density at radius 1 is 1.15 bits per heavy atom. The number of nitrogens with one attached hydrogen (secondary N) is 2. The van der Waals surface area contributed by atoms with Crippen molar-refractivity contribution in [3.05, 3.63) is 65.4 Å². The molecule has 0 saturated carbocycles. The maximum absolute atomic E-state index is 13.3. The van der Waals surface area contributed by atoms with Crippen LogP contribution in [0.4, 0.5) is 9.52 Å². The van der Waals surface area contributed by atoms with Crippen molar-refractivity contribution in [1.29, 1.82) is 0 Å². The van der Waals surface area contributed by atoms with Gasteiger partial charge in [0.25, 0.3) is 5.91 Å². The van der Waals surface area contributed by atoms with Crippen LogP contribution in [0.2, 0.25) is 0 Å². The third kappa shape index (κ3) is 8.23. The average Bonchev–Trinajstić information content (AvgIpc) is 3.54. The van der Waals surface area contributed by atoms with E-state index in [2.05, 4.69) is 20.2 Å². The van der Waals surface area contributed by atoms with E-state index < -0.39 is 5.91 Å². The van der Waals surface area contributed by atoms with Crippen LogP contribution in [0.1, 0.15) is 47.3 Å². The van der Waals surface area contributed by atoms with Crippen molar-refractivity contribution in [2.24, 2.45) is 0 Å². The van der Waals surface area contributed by atoms with Gasteiger partial charge in [-0.15, -0.1) is 0 Å². The van der Waals surface area contributed by atoms with Crippen molar-refractivity contribution < 1.29 is 19.2 Å². The predicted molar refractivity (Wildman–Crippen MR) is 127 cm³/mol. The number of carbonyl (C=O) groups is 2. The van der Waals surface area contributed by atoms with E-state index in [0.717, 1.165) is 31.4 Å². The summed E-state index contributed by atoms with van der Waals surface area (Å²) < 4.78 is 15.3. The Labute approximate surface area is 201 Å². The van der Waals surface area contributed by atoms with Crippen LogP contribution in [0.5, 0.6) is 0 Å². The fourth-order valence-electron chi connectivity index (χ4n) is 3.36. The molecule has 3 rings (SSSR count). The van der Waals surface area contributed by atoms with Gasteiger partial charge in [-0.05, 0) is 37.0 Å². The Bertz CT molecular complexity index is 1030. The van der Waals surface area contributed by atoms with Gasteiger partial charge in [-0.25, -0.2) is 19.8 Å². The molecule has 0 atom stereocenters. The zero-order valence-corrected chi connectivity index (χ0v) is 19.6. The van der Waals surface area contributed by atoms with Gasteiger partial charge < -0.3 is 14.8 Å². The lowest BCUT2D eigenvalue weighted by Crippen LogP contribution is -2.24. The van der Waals surface area contributed by atoms with E-state index >= 15 is 0 Å². The highest BCUT2D eigenvalue weighted by Gasteiger charge is 2.16. The molecule has 11 heteroatoms. The minimum Gasteiger partial charge on any atom is -0.351 e. The highest BCUT2D eigenvalue weighted by atomic mass is 32.1. The lowest BCUT2D eigenvalue weighted by Gasteiger charge is -2.22. The second-order valence-electron chi connectivity index (χ2n) is 7.81. The molecule has 9 nitrogen and oxygen atoms in total. The molecular formula is C23H29FN6O3S. The Hall–Kier alpha value is -3.31. The highest BCUT2D eigenvalue weighted by molar-refractivity contribution is 7.17. The number of aryl methyl sites for hydroxylation is 1. The number of imidazole rings is 1. The second-order valence-corrected chi connectivity index (χ2v) is 8.82. The van der Waals surface area contributed by atoms with Crippen molar-refractivity contribution in [3.63, 3.8) is 0 Å². The van der Waals surface area contributed by atoms with Crippen LogP contribution < -0.4 is 15.7 Å². The summed E-state index contributed by atoms with van der Waals surface area (Å²) in [5, 5.41) is 12.2. The van der Waals surface area contributed by atoms with Crippen LogP contribution in [0.25, 0.3) is 0 Å². The number of hydrogen-bond donors (Lipinski definition) is 3. The minimum atomic E-state index is -0.399. The van der Waals surface area contributed by atoms with Crippen molar-refractivity contribution >= 4 is 28.3 Å². The molecule has 182 valence electrons. The van der Waals surface area contributed by atoms with E-state index in [9.17, 15) is 14.0 Å². The van der Waals surface area contributed by atoms with E-state index in [1.54, 1.807) is 36.3 Å². The monoisotopic (exact) mass is 488 g/mol. The molecule has 0 fully saturated rings. The lowest BCUT2D eigenvalue weighted by molar-refractivity contribution is -0.129. The van der Waals surface area contributed by atoms with E-state index in [4.69, 9.17) is 5.21 Å². The molecule has 1 aromatic carbocycles. The van der Waals surface area contributed by atoms with E-state index in [1.165, 1.54) is 23.5 Å². The van der Waals surface area contributed by atoms with Gasteiger partial charge in [0.1, 0.15) is 10.7 Å². The molecule has 0 saturated heterocycles. The number of hydroxylamine groups is 1. The number of aromatic nitrogens is 3. The van der Waals surface area contributed by atoms with E-state index in [-0.39, 0.29) is 18.1 Å². The summed E-state index contributed by atoms with van der Waals surface area (Å²) in [4.78, 5) is 34.8. The quantitative estimate of drug-likeness (QED) is 0.182. The normalized spacial score (nSPS) is 10.8. The van der Waals surface area contributed by atoms with E-state index in [0.29, 0.717) is 36.1 Å². The topological polar surface area (TPSA) is 112 Å². The van der Waals surface area contributed by atoms with Crippen LogP contribution in [-0.2, 0) is 17.9 Å². The fraction of sp³-hybridized carbons (Fsp3) is 0.391. The van der Waals surface area contributed by atoms with Gasteiger partial charge in [-0.1, -0.05) is 29.9 Å². The molecule has 0 bridgehead atoms. The van der Waals surface area contributed by atoms with Crippen molar-refractivity contribution in [3.8, 4) is 0 Å². The van der Waals surface area contributed by atoms with Crippen LogP contribution in [0.3, 0.4) is 0 Å². The van der Waals surface area contributed by atoms with Gasteiger partial charge >= 0.3 is 0 Å². The van der Waals surface area contributed by atoms with Crippen molar-refractivity contribution in [2.75, 3.05) is 18.0 Å². The fourth-order valence-corrected chi connectivity index (χ4v) is 4.22. The molecule has 34 heavy (non-hydrogen) atoms. The smallest absolute Gasteiger partial charge is 0.263 e. The first-order valence-electron chi connectivity index (χ1n) is 11.2.